The number of nitrogens with two attached hydrogens (primary N) is 1. The molecule has 20 heavy (non-hydrogen) atoms. The fourth-order valence-electron chi connectivity index (χ4n) is 1.81. The van der Waals surface area contributed by atoms with Crippen LogP contribution in [-0.4, -0.2) is 30.4 Å². The van der Waals surface area contributed by atoms with E-state index in [1.165, 1.54) is 4.90 Å². The second kappa shape index (κ2) is 6.63. The molecular formula is C14H19BrF2N2O. The van der Waals surface area contributed by atoms with Gasteiger partial charge in [0.1, 0.15) is 17.2 Å². The van der Waals surface area contributed by atoms with E-state index in [1.807, 2.05) is 13.8 Å². The lowest BCUT2D eigenvalue weighted by Crippen LogP contribution is -2.42. The molecule has 0 aliphatic carbocycles. The van der Waals surface area contributed by atoms with E-state index in [0.29, 0.717) is 19.6 Å². The molecule has 0 aromatic heterocycles. The van der Waals surface area contributed by atoms with Crippen LogP contribution < -0.4 is 5.73 Å². The molecule has 0 atom stereocenters. The zero-order valence-electron chi connectivity index (χ0n) is 11.8. The van der Waals surface area contributed by atoms with Crippen molar-refractivity contribution in [3.63, 3.8) is 0 Å². The highest BCUT2D eigenvalue weighted by Gasteiger charge is 2.27. The summed E-state index contributed by atoms with van der Waals surface area (Å²) in [5.74, 6) is -2.40. The lowest BCUT2D eigenvalue weighted by Gasteiger charge is -2.31. The van der Waals surface area contributed by atoms with E-state index < -0.39 is 23.1 Å². The zero-order valence-corrected chi connectivity index (χ0v) is 13.4. The lowest BCUT2D eigenvalue weighted by atomic mass is 9.93. The van der Waals surface area contributed by atoms with Crippen LogP contribution in [0.15, 0.2) is 16.6 Å². The fourth-order valence-corrected chi connectivity index (χ4v) is 2.22. The van der Waals surface area contributed by atoms with Crippen LogP contribution in [0.3, 0.4) is 0 Å². The number of carbonyl (C=O) groups excluding carboxylic acids is 1. The van der Waals surface area contributed by atoms with E-state index in [1.54, 1.807) is 6.92 Å². The maximum atomic E-state index is 13.8. The first kappa shape index (κ1) is 17.0. The van der Waals surface area contributed by atoms with Crippen LogP contribution in [0.2, 0.25) is 0 Å². The predicted molar refractivity (Wildman–Crippen MR) is 78.5 cm³/mol. The topological polar surface area (TPSA) is 46.3 Å². The Bertz CT molecular complexity index is 483. The maximum Gasteiger partial charge on any atom is 0.259 e. The number of rotatable bonds is 5. The molecule has 0 unspecified atom stereocenters. The van der Waals surface area contributed by atoms with Crippen LogP contribution >= 0.6 is 15.9 Å². The van der Waals surface area contributed by atoms with Crippen molar-refractivity contribution >= 4 is 21.8 Å². The van der Waals surface area contributed by atoms with Crippen molar-refractivity contribution in [3.05, 3.63) is 33.8 Å². The highest BCUT2D eigenvalue weighted by Crippen LogP contribution is 2.23. The fraction of sp³-hybridized carbons (Fsp3) is 0.500. The van der Waals surface area contributed by atoms with Gasteiger partial charge in [-0.2, -0.15) is 0 Å². The van der Waals surface area contributed by atoms with Crippen LogP contribution in [0.1, 0.15) is 31.1 Å². The summed E-state index contributed by atoms with van der Waals surface area (Å²) in [7, 11) is 0. The summed E-state index contributed by atoms with van der Waals surface area (Å²) in [5, 5.41) is 0. The quantitative estimate of drug-likeness (QED) is 0.888. The number of amides is 1. The number of halogens is 3. The number of carbonyl (C=O) groups is 1. The number of hydrogen-bond acceptors (Lipinski definition) is 2. The van der Waals surface area contributed by atoms with Gasteiger partial charge in [-0.15, -0.1) is 0 Å². The Morgan fingerprint density at radius 2 is 1.85 bits per heavy atom. The van der Waals surface area contributed by atoms with Gasteiger partial charge in [0.25, 0.3) is 5.91 Å². The summed E-state index contributed by atoms with van der Waals surface area (Å²) in [6, 6.07) is 2.16. The van der Waals surface area contributed by atoms with Gasteiger partial charge in [-0.05, 0) is 31.0 Å². The van der Waals surface area contributed by atoms with Crippen LogP contribution in [0.25, 0.3) is 0 Å². The summed E-state index contributed by atoms with van der Waals surface area (Å²) in [4.78, 5) is 13.7. The molecule has 0 radical (unpaired) electrons. The third-order valence-corrected chi connectivity index (χ3v) is 3.52. The molecule has 0 heterocycles. The molecule has 112 valence electrons. The Labute approximate surface area is 126 Å². The van der Waals surface area contributed by atoms with Gasteiger partial charge in [0.2, 0.25) is 0 Å². The van der Waals surface area contributed by atoms with E-state index in [-0.39, 0.29) is 9.89 Å². The van der Waals surface area contributed by atoms with Gasteiger partial charge >= 0.3 is 0 Å². The van der Waals surface area contributed by atoms with E-state index in [0.717, 1.165) is 12.1 Å². The minimum Gasteiger partial charge on any atom is -0.338 e. The average Bonchev–Trinajstić information content (AvgIpc) is 2.34. The Morgan fingerprint density at radius 3 is 2.25 bits per heavy atom. The minimum absolute atomic E-state index is 0.259. The Kier molecular flexibility index (Phi) is 5.65. The Hall–Kier alpha value is -1.01. The Balaban J connectivity index is 3.09. The van der Waals surface area contributed by atoms with Gasteiger partial charge in [-0.25, -0.2) is 8.78 Å². The number of nitrogens with zero attached hydrogens (tertiary/aromatic N) is 1. The van der Waals surface area contributed by atoms with Crippen LogP contribution in [0.4, 0.5) is 8.78 Å². The smallest absolute Gasteiger partial charge is 0.259 e. The van der Waals surface area contributed by atoms with E-state index in [2.05, 4.69) is 15.9 Å². The SMILES string of the molecule is CCN(CC(C)(C)CN)C(=O)c1c(F)cc(Br)cc1F. The van der Waals surface area contributed by atoms with E-state index in [9.17, 15) is 13.6 Å². The van der Waals surface area contributed by atoms with Crippen molar-refractivity contribution in [1.29, 1.82) is 0 Å². The van der Waals surface area contributed by atoms with Crippen LogP contribution in [0.5, 0.6) is 0 Å². The predicted octanol–water partition coefficient (Wildman–Crippen LogP) is 3.17. The monoisotopic (exact) mass is 348 g/mol. The second-order valence-electron chi connectivity index (χ2n) is 5.43. The summed E-state index contributed by atoms with van der Waals surface area (Å²) in [5.41, 5.74) is 4.80. The zero-order chi connectivity index (χ0) is 15.5. The van der Waals surface area contributed by atoms with Gasteiger partial charge in [-0.3, -0.25) is 4.79 Å². The molecule has 3 nitrogen and oxygen atoms in total. The largest absolute Gasteiger partial charge is 0.338 e. The molecule has 1 aromatic rings. The molecule has 0 bridgehead atoms. The normalized spacial score (nSPS) is 11.6. The van der Waals surface area contributed by atoms with Crippen molar-refractivity contribution in [2.75, 3.05) is 19.6 Å². The van der Waals surface area contributed by atoms with Gasteiger partial charge < -0.3 is 10.6 Å². The highest BCUT2D eigenvalue weighted by molar-refractivity contribution is 9.10. The molecule has 6 heteroatoms. The standard InChI is InChI=1S/C14H19BrF2N2O/c1-4-19(8-14(2,3)7-18)13(20)12-10(16)5-9(15)6-11(12)17/h5-6H,4,7-8,18H2,1-3H3. The first-order valence-corrected chi connectivity index (χ1v) is 7.15. The van der Waals surface area contributed by atoms with E-state index >= 15 is 0 Å². The third-order valence-electron chi connectivity index (χ3n) is 3.06. The summed E-state index contributed by atoms with van der Waals surface area (Å²) in [6.45, 7) is 6.64. The van der Waals surface area contributed by atoms with Crippen molar-refractivity contribution < 1.29 is 13.6 Å². The van der Waals surface area contributed by atoms with E-state index in [4.69, 9.17) is 5.73 Å². The van der Waals surface area contributed by atoms with Crippen molar-refractivity contribution in [1.82, 2.24) is 4.90 Å². The second-order valence-corrected chi connectivity index (χ2v) is 6.35. The average molecular weight is 349 g/mol. The molecule has 2 N–H and O–H groups in total. The Morgan fingerprint density at radius 1 is 1.35 bits per heavy atom. The summed E-state index contributed by atoms with van der Waals surface area (Å²) >= 11 is 2.99. The molecule has 0 saturated heterocycles. The van der Waals surface area contributed by atoms with Gasteiger partial charge in [0.05, 0.1) is 0 Å². The molecule has 1 amide bonds. The number of benzene rings is 1. The van der Waals surface area contributed by atoms with Crippen molar-refractivity contribution in [2.45, 2.75) is 20.8 Å². The molecular weight excluding hydrogens is 330 g/mol. The first-order valence-electron chi connectivity index (χ1n) is 6.35. The lowest BCUT2D eigenvalue weighted by molar-refractivity contribution is 0.0691. The molecule has 0 fully saturated rings. The highest BCUT2D eigenvalue weighted by atomic mass is 79.9. The maximum absolute atomic E-state index is 13.8. The van der Waals surface area contributed by atoms with Gasteiger partial charge in [0, 0.05) is 17.6 Å². The minimum atomic E-state index is -0.870. The van der Waals surface area contributed by atoms with Crippen molar-refractivity contribution in [3.8, 4) is 0 Å². The first-order chi connectivity index (χ1) is 9.21. The van der Waals surface area contributed by atoms with Crippen molar-refractivity contribution in [2.24, 2.45) is 11.1 Å². The number of hydrogen-bond donors (Lipinski definition) is 1. The summed E-state index contributed by atoms with van der Waals surface area (Å²) < 4.78 is 27.9. The van der Waals surface area contributed by atoms with Gasteiger partial charge in [-0.1, -0.05) is 29.8 Å². The molecule has 1 aromatic carbocycles. The molecule has 0 aliphatic rings. The third kappa shape index (κ3) is 3.99. The van der Waals surface area contributed by atoms with Gasteiger partial charge in [0.15, 0.2) is 0 Å². The summed E-state index contributed by atoms with van der Waals surface area (Å²) in [6.07, 6.45) is 0. The van der Waals surface area contributed by atoms with Crippen LogP contribution in [-0.2, 0) is 0 Å². The molecule has 1 rings (SSSR count). The molecule has 0 saturated carbocycles. The van der Waals surface area contributed by atoms with Crippen LogP contribution in [0, 0.1) is 17.0 Å². The molecule has 0 aliphatic heterocycles. The molecule has 0 spiro atoms.